The monoisotopic (exact) mass is 280 g/mol. The van der Waals surface area contributed by atoms with Gasteiger partial charge in [-0.3, -0.25) is 0 Å². The largest absolute Gasteiger partial charge is 0.393 e. The molecule has 0 aliphatic heterocycles. The van der Waals surface area contributed by atoms with Gasteiger partial charge >= 0.3 is 0 Å². The summed E-state index contributed by atoms with van der Waals surface area (Å²) in [6.45, 7) is 12.1. The van der Waals surface area contributed by atoms with Gasteiger partial charge in [-0.15, -0.1) is 0 Å². The Balaban J connectivity index is 1.95. The van der Waals surface area contributed by atoms with Gasteiger partial charge in [0.1, 0.15) is 0 Å². The zero-order valence-corrected chi connectivity index (χ0v) is 14.4. The number of aliphatic hydroxyl groups is 1. The first-order valence-corrected chi connectivity index (χ1v) is 9.04. The van der Waals surface area contributed by atoms with Crippen molar-refractivity contribution >= 4 is 0 Å². The van der Waals surface area contributed by atoms with Crippen LogP contribution in [0.5, 0.6) is 0 Å². The molecule has 6 atom stereocenters. The smallest absolute Gasteiger partial charge is 0.0573 e. The van der Waals surface area contributed by atoms with Crippen LogP contribution in [0.15, 0.2) is 0 Å². The van der Waals surface area contributed by atoms with Crippen LogP contribution in [0, 0.1) is 35.0 Å². The fraction of sp³-hybridized carbons (Fsp3) is 1.00. The van der Waals surface area contributed by atoms with E-state index in [0.29, 0.717) is 11.3 Å². The van der Waals surface area contributed by atoms with Crippen LogP contribution in [0.25, 0.3) is 0 Å². The Morgan fingerprint density at radius 2 is 1.75 bits per heavy atom. The van der Waals surface area contributed by atoms with Gasteiger partial charge in [-0.1, -0.05) is 53.9 Å². The molecule has 20 heavy (non-hydrogen) atoms. The molecule has 0 radical (unpaired) electrons. The number of hydrogen-bond donors (Lipinski definition) is 1. The van der Waals surface area contributed by atoms with Gasteiger partial charge in [0, 0.05) is 0 Å². The van der Waals surface area contributed by atoms with Crippen LogP contribution in [0.2, 0.25) is 0 Å². The van der Waals surface area contributed by atoms with E-state index in [1.807, 2.05) is 0 Å². The molecule has 2 aliphatic rings. The topological polar surface area (TPSA) is 20.2 Å². The van der Waals surface area contributed by atoms with Crippen molar-refractivity contribution in [2.45, 2.75) is 85.7 Å². The van der Waals surface area contributed by atoms with E-state index in [9.17, 15) is 5.11 Å². The van der Waals surface area contributed by atoms with Crippen LogP contribution in [0.1, 0.15) is 79.6 Å². The molecule has 2 unspecified atom stereocenters. The molecule has 0 heterocycles. The number of aliphatic hydroxyl groups excluding tert-OH is 1. The van der Waals surface area contributed by atoms with Gasteiger partial charge in [-0.2, -0.15) is 0 Å². The van der Waals surface area contributed by atoms with Crippen LogP contribution >= 0.6 is 0 Å². The van der Waals surface area contributed by atoms with E-state index in [4.69, 9.17) is 0 Å². The normalized spacial score (nSPS) is 40.6. The summed E-state index contributed by atoms with van der Waals surface area (Å²) < 4.78 is 0. The van der Waals surface area contributed by atoms with Crippen LogP contribution in [-0.4, -0.2) is 11.2 Å². The Bertz CT molecular complexity index is 311. The van der Waals surface area contributed by atoms with Crippen molar-refractivity contribution in [1.82, 2.24) is 0 Å². The molecular formula is C19H36O. The molecule has 0 aromatic rings. The van der Waals surface area contributed by atoms with Crippen LogP contribution in [0.4, 0.5) is 0 Å². The lowest BCUT2D eigenvalue weighted by molar-refractivity contribution is -0.0281. The average Bonchev–Trinajstić information content (AvgIpc) is 2.74. The van der Waals surface area contributed by atoms with E-state index in [1.165, 1.54) is 38.5 Å². The molecule has 0 aromatic carbocycles. The van der Waals surface area contributed by atoms with E-state index in [1.54, 1.807) is 0 Å². The molecule has 0 saturated heterocycles. The van der Waals surface area contributed by atoms with Crippen molar-refractivity contribution in [1.29, 1.82) is 0 Å². The number of hydrogen-bond acceptors (Lipinski definition) is 1. The predicted octanol–water partition coefficient (Wildman–Crippen LogP) is 5.27. The van der Waals surface area contributed by atoms with Crippen molar-refractivity contribution in [2.24, 2.45) is 35.0 Å². The highest BCUT2D eigenvalue weighted by Gasteiger charge is 2.51. The van der Waals surface area contributed by atoms with E-state index in [2.05, 4.69) is 34.6 Å². The molecular weight excluding hydrogens is 244 g/mol. The van der Waals surface area contributed by atoms with Gasteiger partial charge in [-0.05, 0) is 60.7 Å². The lowest BCUT2D eigenvalue weighted by Crippen LogP contribution is -2.41. The molecule has 0 bridgehead atoms. The molecule has 118 valence electrons. The van der Waals surface area contributed by atoms with Gasteiger partial charge in [0.05, 0.1) is 6.10 Å². The van der Waals surface area contributed by atoms with Crippen LogP contribution in [0.3, 0.4) is 0 Å². The van der Waals surface area contributed by atoms with Crippen LogP contribution in [-0.2, 0) is 0 Å². The van der Waals surface area contributed by atoms with Crippen molar-refractivity contribution in [2.75, 3.05) is 0 Å². The summed E-state index contributed by atoms with van der Waals surface area (Å²) in [4.78, 5) is 0. The van der Waals surface area contributed by atoms with Crippen LogP contribution < -0.4 is 0 Å². The SMILES string of the molecule is CC(C)[C@@H](C)CC[C@@H](C)[C@H]1CC[C@H]2C(O)CCCC12C. The van der Waals surface area contributed by atoms with Gasteiger partial charge in [0.25, 0.3) is 0 Å². The van der Waals surface area contributed by atoms with Crippen molar-refractivity contribution < 1.29 is 5.11 Å². The minimum atomic E-state index is -0.0134. The Kier molecular flexibility index (Phi) is 5.21. The summed E-state index contributed by atoms with van der Waals surface area (Å²) in [5.41, 5.74) is 0.429. The zero-order valence-electron chi connectivity index (χ0n) is 14.4. The maximum absolute atomic E-state index is 10.3. The van der Waals surface area contributed by atoms with Crippen molar-refractivity contribution in [3.63, 3.8) is 0 Å². The second-order valence-corrected chi connectivity index (χ2v) is 8.53. The summed E-state index contributed by atoms with van der Waals surface area (Å²) in [7, 11) is 0. The predicted molar refractivity (Wildman–Crippen MR) is 86.6 cm³/mol. The Hall–Kier alpha value is -0.0400. The Morgan fingerprint density at radius 3 is 2.40 bits per heavy atom. The molecule has 0 amide bonds. The minimum Gasteiger partial charge on any atom is -0.393 e. The first-order chi connectivity index (χ1) is 9.36. The third-order valence-electron chi connectivity index (χ3n) is 7.06. The maximum atomic E-state index is 10.3. The Labute approximate surface area is 126 Å². The van der Waals surface area contributed by atoms with E-state index in [0.717, 1.165) is 30.1 Å². The third-order valence-corrected chi connectivity index (χ3v) is 7.06. The average molecular weight is 280 g/mol. The molecule has 2 aliphatic carbocycles. The number of fused-ring (bicyclic) bond motifs is 1. The molecule has 2 saturated carbocycles. The summed E-state index contributed by atoms with van der Waals surface area (Å²) in [6, 6.07) is 0. The van der Waals surface area contributed by atoms with E-state index in [-0.39, 0.29) is 6.10 Å². The fourth-order valence-electron chi connectivity index (χ4n) is 5.18. The van der Waals surface area contributed by atoms with Crippen molar-refractivity contribution in [3.05, 3.63) is 0 Å². The van der Waals surface area contributed by atoms with E-state index < -0.39 is 0 Å². The third kappa shape index (κ3) is 3.08. The lowest BCUT2D eigenvalue weighted by Gasteiger charge is -2.45. The van der Waals surface area contributed by atoms with Gasteiger partial charge in [0.2, 0.25) is 0 Å². The molecule has 2 fully saturated rings. The summed E-state index contributed by atoms with van der Waals surface area (Å²) in [5.74, 6) is 3.93. The zero-order chi connectivity index (χ0) is 14.9. The molecule has 0 aromatic heterocycles. The lowest BCUT2D eigenvalue weighted by atomic mass is 9.61. The molecule has 1 heteroatoms. The first-order valence-electron chi connectivity index (χ1n) is 9.04. The van der Waals surface area contributed by atoms with E-state index >= 15 is 0 Å². The molecule has 1 nitrogen and oxygen atoms in total. The summed E-state index contributed by atoms with van der Waals surface area (Å²) in [6.07, 6.45) is 9.00. The fourth-order valence-corrected chi connectivity index (χ4v) is 5.18. The highest BCUT2D eigenvalue weighted by atomic mass is 16.3. The van der Waals surface area contributed by atoms with Gasteiger partial charge in [-0.25, -0.2) is 0 Å². The highest BCUT2D eigenvalue weighted by Crippen LogP contribution is 2.58. The minimum absolute atomic E-state index is 0.0134. The maximum Gasteiger partial charge on any atom is 0.0573 e. The number of rotatable bonds is 5. The second kappa shape index (κ2) is 6.38. The summed E-state index contributed by atoms with van der Waals surface area (Å²) in [5, 5.41) is 10.3. The second-order valence-electron chi connectivity index (χ2n) is 8.53. The first kappa shape index (κ1) is 16.3. The summed E-state index contributed by atoms with van der Waals surface area (Å²) >= 11 is 0. The molecule has 0 spiro atoms. The molecule has 2 rings (SSSR count). The standard InChI is InChI=1S/C19H36O/c1-13(2)14(3)8-9-15(4)16-10-11-17-18(20)7-6-12-19(16,17)5/h13-18,20H,6-12H2,1-5H3/t14-,15+,16+,17-,18?,19?/m0/s1. The highest BCUT2D eigenvalue weighted by molar-refractivity contribution is 5.01. The van der Waals surface area contributed by atoms with Gasteiger partial charge < -0.3 is 5.11 Å². The molecule has 1 N–H and O–H groups in total. The van der Waals surface area contributed by atoms with Crippen molar-refractivity contribution in [3.8, 4) is 0 Å². The van der Waals surface area contributed by atoms with Gasteiger partial charge in [0.15, 0.2) is 0 Å². The quantitative estimate of drug-likeness (QED) is 0.727. The Morgan fingerprint density at radius 1 is 1.05 bits per heavy atom.